The molecule has 0 bridgehead atoms. The molecule has 16 heavy (non-hydrogen) atoms. The van der Waals surface area contributed by atoms with E-state index in [1.54, 1.807) is 13.8 Å². The normalized spacial score (nSPS) is 13.2. The molecule has 0 aromatic carbocycles. The number of halogens is 1. The number of carboxylic acid groups (broad SMARTS) is 1. The number of hydrogen-bond donors (Lipinski definition) is 1. The molecule has 0 heterocycles. The van der Waals surface area contributed by atoms with E-state index >= 15 is 0 Å². The van der Waals surface area contributed by atoms with Crippen molar-refractivity contribution in [1.82, 2.24) is 0 Å². The van der Waals surface area contributed by atoms with Crippen molar-refractivity contribution in [2.24, 2.45) is 5.41 Å². The van der Waals surface area contributed by atoms with Gasteiger partial charge in [0.25, 0.3) is 0 Å². The lowest BCUT2D eigenvalue weighted by atomic mass is 9.88. The molecule has 1 unspecified atom stereocenters. The molecule has 0 saturated carbocycles. The third-order valence-electron chi connectivity index (χ3n) is 2.06. The molecule has 0 fully saturated rings. The molecule has 0 aliphatic heterocycles. The van der Waals surface area contributed by atoms with E-state index in [1.165, 1.54) is 7.11 Å². The molecule has 0 saturated heterocycles. The maximum atomic E-state index is 11.4. The minimum absolute atomic E-state index is 0.172. The van der Waals surface area contributed by atoms with Crippen molar-refractivity contribution < 1.29 is 24.2 Å². The molecule has 0 spiro atoms. The number of aliphatic carboxylic acids is 1. The second-order valence-corrected chi connectivity index (χ2v) is 5.13. The Bertz CT molecular complexity index is 252. The number of rotatable bonds is 7. The average molecular weight is 297 g/mol. The van der Waals surface area contributed by atoms with Crippen LogP contribution in [0, 0.1) is 5.41 Å². The van der Waals surface area contributed by atoms with Gasteiger partial charge in [0.15, 0.2) is 0 Å². The van der Waals surface area contributed by atoms with Gasteiger partial charge in [-0.1, -0.05) is 15.9 Å². The van der Waals surface area contributed by atoms with Crippen LogP contribution in [0.2, 0.25) is 0 Å². The predicted octanol–water partition coefficient (Wildman–Crippen LogP) is 1.44. The Kier molecular flexibility index (Phi) is 6.59. The Labute approximate surface area is 103 Å². The van der Waals surface area contributed by atoms with E-state index in [0.717, 1.165) is 0 Å². The first-order valence-corrected chi connectivity index (χ1v) is 5.76. The fourth-order valence-electron chi connectivity index (χ4n) is 0.935. The van der Waals surface area contributed by atoms with Gasteiger partial charge in [-0.25, -0.2) is 0 Å². The lowest BCUT2D eigenvalue weighted by molar-refractivity contribution is -0.149. The second kappa shape index (κ2) is 6.85. The van der Waals surface area contributed by atoms with Gasteiger partial charge in [-0.05, 0) is 20.3 Å². The summed E-state index contributed by atoms with van der Waals surface area (Å²) in [6.07, 6.45) is 0.175. The Balaban J connectivity index is 4.10. The molecule has 94 valence electrons. The zero-order chi connectivity index (χ0) is 12.8. The van der Waals surface area contributed by atoms with Crippen LogP contribution < -0.4 is 0 Å². The van der Waals surface area contributed by atoms with E-state index in [2.05, 4.69) is 15.9 Å². The number of carbonyl (C=O) groups excluding carboxylic acids is 1. The fraction of sp³-hybridized carbons (Fsp3) is 0.800. The number of ether oxygens (including phenoxy) is 2. The van der Waals surface area contributed by atoms with Gasteiger partial charge in [0, 0.05) is 7.11 Å². The van der Waals surface area contributed by atoms with Gasteiger partial charge in [0.1, 0.15) is 11.4 Å². The number of carbonyl (C=O) groups is 2. The van der Waals surface area contributed by atoms with E-state index in [-0.39, 0.29) is 13.0 Å². The monoisotopic (exact) mass is 296 g/mol. The Morgan fingerprint density at radius 1 is 1.38 bits per heavy atom. The van der Waals surface area contributed by atoms with Crippen LogP contribution in [0.15, 0.2) is 0 Å². The maximum absolute atomic E-state index is 11.4. The fourth-order valence-corrected chi connectivity index (χ4v) is 1.88. The van der Waals surface area contributed by atoms with Crippen LogP contribution in [0.3, 0.4) is 0 Å². The lowest BCUT2D eigenvalue weighted by Gasteiger charge is -2.21. The summed E-state index contributed by atoms with van der Waals surface area (Å²) >= 11 is 3.12. The van der Waals surface area contributed by atoms with Crippen LogP contribution in [0.25, 0.3) is 0 Å². The largest absolute Gasteiger partial charge is 0.481 e. The highest BCUT2D eigenvalue weighted by Gasteiger charge is 2.33. The van der Waals surface area contributed by atoms with E-state index < -0.39 is 22.2 Å². The van der Waals surface area contributed by atoms with E-state index in [0.29, 0.717) is 6.61 Å². The molecule has 0 rings (SSSR count). The first-order valence-electron chi connectivity index (χ1n) is 4.84. The van der Waals surface area contributed by atoms with Crippen molar-refractivity contribution in [3.05, 3.63) is 0 Å². The third kappa shape index (κ3) is 5.46. The van der Waals surface area contributed by atoms with Crippen molar-refractivity contribution in [3.63, 3.8) is 0 Å². The number of methoxy groups -OCH3 is 1. The van der Waals surface area contributed by atoms with Gasteiger partial charge in [-0.2, -0.15) is 0 Å². The van der Waals surface area contributed by atoms with E-state index in [1.807, 2.05) is 0 Å². The minimum Gasteiger partial charge on any atom is -0.481 e. The summed E-state index contributed by atoms with van der Waals surface area (Å²) in [5, 5.41) is 8.89. The summed E-state index contributed by atoms with van der Waals surface area (Å²) in [7, 11) is 1.51. The average Bonchev–Trinajstić information content (AvgIpc) is 2.17. The molecule has 0 aliphatic carbocycles. The van der Waals surface area contributed by atoms with E-state index in [9.17, 15) is 9.59 Å². The third-order valence-corrected chi connectivity index (χ3v) is 2.75. The van der Waals surface area contributed by atoms with Crippen molar-refractivity contribution in [2.45, 2.75) is 25.1 Å². The second-order valence-electron chi connectivity index (χ2n) is 4.02. The Morgan fingerprint density at radius 3 is 2.38 bits per heavy atom. The first kappa shape index (κ1) is 15.4. The highest BCUT2D eigenvalue weighted by molar-refractivity contribution is 9.10. The van der Waals surface area contributed by atoms with Crippen LogP contribution in [0.5, 0.6) is 0 Å². The summed E-state index contributed by atoms with van der Waals surface area (Å²) in [6, 6.07) is 0. The van der Waals surface area contributed by atoms with Gasteiger partial charge in [0.2, 0.25) is 0 Å². The molecule has 0 radical (unpaired) electrons. The molecular formula is C10H17BrO5. The zero-order valence-electron chi connectivity index (χ0n) is 9.66. The number of hydrogen-bond acceptors (Lipinski definition) is 4. The topological polar surface area (TPSA) is 72.8 Å². The Hall–Kier alpha value is -0.620. The molecule has 5 nitrogen and oxygen atoms in total. The lowest BCUT2D eigenvalue weighted by Crippen LogP contribution is -2.31. The van der Waals surface area contributed by atoms with Gasteiger partial charge in [-0.3, -0.25) is 9.59 Å². The smallest absolute Gasteiger partial charge is 0.319 e. The molecule has 0 aromatic rings. The van der Waals surface area contributed by atoms with Gasteiger partial charge in [-0.15, -0.1) is 0 Å². The maximum Gasteiger partial charge on any atom is 0.319 e. The minimum atomic E-state index is -0.964. The summed E-state index contributed by atoms with van der Waals surface area (Å²) in [4.78, 5) is 21.6. The molecule has 1 atom stereocenters. The quantitative estimate of drug-likeness (QED) is 0.437. The molecule has 0 aliphatic rings. The highest BCUT2D eigenvalue weighted by Crippen LogP contribution is 2.26. The van der Waals surface area contributed by atoms with E-state index in [4.69, 9.17) is 14.6 Å². The van der Waals surface area contributed by atoms with Gasteiger partial charge in [0.05, 0.1) is 12.0 Å². The van der Waals surface area contributed by atoms with Crippen LogP contribution in [-0.4, -0.2) is 42.2 Å². The number of esters is 1. The SMILES string of the molecule is COCCOC(=O)C(Br)CC(C)(C)C(=O)O. The summed E-state index contributed by atoms with van der Waals surface area (Å²) < 4.78 is 9.59. The summed E-state index contributed by atoms with van der Waals surface area (Å²) in [5.41, 5.74) is -0.964. The van der Waals surface area contributed by atoms with Crippen LogP contribution >= 0.6 is 15.9 Å². The molecule has 0 aromatic heterocycles. The highest BCUT2D eigenvalue weighted by atomic mass is 79.9. The predicted molar refractivity (Wildman–Crippen MR) is 61.6 cm³/mol. The number of carboxylic acids is 1. The Morgan fingerprint density at radius 2 is 1.94 bits per heavy atom. The van der Waals surface area contributed by atoms with Crippen molar-refractivity contribution in [1.29, 1.82) is 0 Å². The van der Waals surface area contributed by atoms with Crippen molar-refractivity contribution in [3.8, 4) is 0 Å². The number of alkyl halides is 1. The standard InChI is InChI=1S/C10H17BrO5/c1-10(2,9(13)14)6-7(11)8(12)16-5-4-15-3/h7H,4-6H2,1-3H3,(H,13,14). The molecular weight excluding hydrogens is 280 g/mol. The molecule has 0 amide bonds. The van der Waals surface area contributed by atoms with Crippen LogP contribution in [-0.2, 0) is 19.1 Å². The zero-order valence-corrected chi connectivity index (χ0v) is 11.2. The van der Waals surface area contributed by atoms with Crippen LogP contribution in [0.1, 0.15) is 20.3 Å². The van der Waals surface area contributed by atoms with Crippen molar-refractivity contribution >= 4 is 27.9 Å². The van der Waals surface area contributed by atoms with Crippen LogP contribution in [0.4, 0.5) is 0 Å². The van der Waals surface area contributed by atoms with Crippen molar-refractivity contribution in [2.75, 3.05) is 20.3 Å². The molecule has 6 heteroatoms. The summed E-state index contributed by atoms with van der Waals surface area (Å²) in [6.45, 7) is 3.62. The first-order chi connectivity index (χ1) is 7.31. The molecule has 1 N–H and O–H groups in total. The summed E-state index contributed by atoms with van der Waals surface area (Å²) in [5.74, 6) is -1.41. The van der Waals surface area contributed by atoms with Gasteiger partial charge >= 0.3 is 11.9 Å². The van der Waals surface area contributed by atoms with Gasteiger partial charge < -0.3 is 14.6 Å².